The first-order chi connectivity index (χ1) is 9.97. The maximum atomic E-state index is 12.5. The molecule has 0 radical (unpaired) electrons. The molecule has 1 aromatic rings. The lowest BCUT2D eigenvalue weighted by Gasteiger charge is -2.30. The Labute approximate surface area is 127 Å². The zero-order valence-corrected chi connectivity index (χ0v) is 13.5. The van der Waals surface area contributed by atoms with Crippen molar-refractivity contribution in [3.63, 3.8) is 0 Å². The highest BCUT2D eigenvalue weighted by atomic mass is 16.2. The molecule has 2 unspecified atom stereocenters. The molecule has 0 aliphatic carbocycles. The summed E-state index contributed by atoms with van der Waals surface area (Å²) in [5.41, 5.74) is 2.40. The minimum Gasteiger partial charge on any atom is -0.384 e. The van der Waals surface area contributed by atoms with Gasteiger partial charge in [0, 0.05) is 24.8 Å². The van der Waals surface area contributed by atoms with Crippen molar-refractivity contribution in [2.45, 2.75) is 26.3 Å². The van der Waals surface area contributed by atoms with Gasteiger partial charge in [-0.05, 0) is 38.1 Å². The van der Waals surface area contributed by atoms with Gasteiger partial charge >= 0.3 is 0 Å². The third-order valence-corrected chi connectivity index (χ3v) is 4.09. The number of amides is 1. The summed E-state index contributed by atoms with van der Waals surface area (Å²) in [4.78, 5) is 14.7. The van der Waals surface area contributed by atoms with E-state index in [1.54, 1.807) is 0 Å². The van der Waals surface area contributed by atoms with E-state index in [0.29, 0.717) is 5.92 Å². The lowest BCUT2D eigenvalue weighted by Crippen LogP contribution is -2.49. The van der Waals surface area contributed by atoms with Gasteiger partial charge in [-0.15, -0.1) is 0 Å². The minimum atomic E-state index is 0.0170. The van der Waals surface area contributed by atoms with E-state index < -0.39 is 0 Å². The smallest absolute Gasteiger partial charge is 0.225 e. The van der Waals surface area contributed by atoms with Crippen molar-refractivity contribution in [1.82, 2.24) is 10.2 Å². The Morgan fingerprint density at radius 2 is 2.10 bits per heavy atom. The molecule has 0 saturated carbocycles. The number of para-hydroxylation sites is 1. The van der Waals surface area contributed by atoms with Gasteiger partial charge in [0.15, 0.2) is 0 Å². The number of fused-ring (bicyclic) bond motifs is 1. The normalized spacial score (nSPS) is 19.0. The molecular weight excluding hydrogens is 262 g/mol. The highest BCUT2D eigenvalue weighted by Crippen LogP contribution is 2.24. The summed E-state index contributed by atoms with van der Waals surface area (Å²) in [5, 5.41) is 6.59. The number of hydrogen-bond acceptors (Lipinski definition) is 3. The molecule has 116 valence electrons. The van der Waals surface area contributed by atoms with Crippen LogP contribution < -0.4 is 10.6 Å². The van der Waals surface area contributed by atoms with E-state index >= 15 is 0 Å². The average Bonchev–Trinajstić information content (AvgIpc) is 2.45. The third-order valence-electron chi connectivity index (χ3n) is 4.09. The second kappa shape index (κ2) is 6.94. The molecule has 2 atom stereocenters. The number of likely N-dealkylation sites (N-methyl/N-ethyl adjacent to an activating group) is 1. The van der Waals surface area contributed by atoms with Crippen molar-refractivity contribution >= 4 is 11.6 Å². The maximum absolute atomic E-state index is 12.5. The quantitative estimate of drug-likeness (QED) is 0.871. The molecule has 4 nitrogen and oxygen atoms in total. The lowest BCUT2D eigenvalue weighted by atomic mass is 9.92. The molecule has 1 aliphatic heterocycles. The first-order valence-corrected chi connectivity index (χ1v) is 7.74. The van der Waals surface area contributed by atoms with Gasteiger partial charge in [0.25, 0.3) is 0 Å². The predicted molar refractivity (Wildman–Crippen MR) is 87.4 cm³/mol. The molecule has 0 spiro atoms. The van der Waals surface area contributed by atoms with Crippen molar-refractivity contribution in [3.05, 3.63) is 29.8 Å². The first-order valence-electron chi connectivity index (χ1n) is 7.74. The molecule has 0 saturated heterocycles. The van der Waals surface area contributed by atoms with Gasteiger partial charge in [-0.2, -0.15) is 0 Å². The average molecular weight is 289 g/mol. The largest absolute Gasteiger partial charge is 0.384 e. The Morgan fingerprint density at radius 3 is 2.76 bits per heavy atom. The van der Waals surface area contributed by atoms with Crippen LogP contribution in [-0.2, 0) is 11.2 Å². The third kappa shape index (κ3) is 4.21. The molecule has 2 rings (SSSR count). The van der Waals surface area contributed by atoms with Crippen LogP contribution in [0.3, 0.4) is 0 Å². The number of nitrogens with one attached hydrogen (secondary N) is 2. The van der Waals surface area contributed by atoms with E-state index in [0.717, 1.165) is 25.2 Å². The van der Waals surface area contributed by atoms with E-state index in [-0.39, 0.29) is 17.9 Å². The van der Waals surface area contributed by atoms with Gasteiger partial charge in [-0.1, -0.05) is 32.0 Å². The molecule has 1 heterocycles. The first kappa shape index (κ1) is 15.8. The van der Waals surface area contributed by atoms with Crippen LogP contribution in [0.5, 0.6) is 0 Å². The molecule has 0 bridgehead atoms. The van der Waals surface area contributed by atoms with Crippen molar-refractivity contribution in [3.8, 4) is 0 Å². The summed E-state index contributed by atoms with van der Waals surface area (Å²) in [6, 6.07) is 8.43. The van der Waals surface area contributed by atoms with Gasteiger partial charge in [0.05, 0.1) is 5.92 Å². The zero-order valence-electron chi connectivity index (χ0n) is 13.5. The van der Waals surface area contributed by atoms with Gasteiger partial charge in [-0.3, -0.25) is 4.79 Å². The van der Waals surface area contributed by atoms with Gasteiger partial charge < -0.3 is 15.5 Å². The number of carbonyl (C=O) groups excluding carboxylic acids is 1. The van der Waals surface area contributed by atoms with Gasteiger partial charge in [0.1, 0.15) is 0 Å². The summed E-state index contributed by atoms with van der Waals surface area (Å²) in [6.07, 6.45) is 0.821. The molecule has 1 amide bonds. The van der Waals surface area contributed by atoms with Crippen LogP contribution in [-0.4, -0.2) is 44.0 Å². The molecule has 0 aromatic heterocycles. The Kier molecular flexibility index (Phi) is 5.23. The Bertz CT molecular complexity index is 485. The van der Waals surface area contributed by atoms with Crippen molar-refractivity contribution in [1.29, 1.82) is 0 Å². The summed E-state index contributed by atoms with van der Waals surface area (Å²) >= 11 is 0. The van der Waals surface area contributed by atoms with Crippen molar-refractivity contribution in [2.24, 2.45) is 11.8 Å². The monoisotopic (exact) mass is 289 g/mol. The number of hydrogen-bond donors (Lipinski definition) is 2. The van der Waals surface area contributed by atoms with Crippen LogP contribution in [0, 0.1) is 11.8 Å². The minimum absolute atomic E-state index is 0.0170. The molecule has 1 aliphatic rings. The highest BCUT2D eigenvalue weighted by Gasteiger charge is 2.26. The Morgan fingerprint density at radius 1 is 1.38 bits per heavy atom. The predicted octanol–water partition coefficient (Wildman–Crippen LogP) is 1.97. The van der Waals surface area contributed by atoms with Crippen LogP contribution in [0.4, 0.5) is 5.69 Å². The summed E-state index contributed by atoms with van der Waals surface area (Å²) in [7, 11) is 4.08. The van der Waals surface area contributed by atoms with Crippen molar-refractivity contribution in [2.75, 3.05) is 32.5 Å². The van der Waals surface area contributed by atoms with Crippen LogP contribution in [0.15, 0.2) is 24.3 Å². The lowest BCUT2D eigenvalue weighted by molar-refractivity contribution is -0.125. The zero-order chi connectivity index (χ0) is 15.4. The summed E-state index contributed by atoms with van der Waals surface area (Å²) in [5.74, 6) is 0.612. The van der Waals surface area contributed by atoms with E-state index in [2.05, 4.69) is 41.5 Å². The Balaban J connectivity index is 1.98. The summed E-state index contributed by atoms with van der Waals surface area (Å²) < 4.78 is 0. The fourth-order valence-corrected chi connectivity index (χ4v) is 2.74. The fraction of sp³-hybridized carbons (Fsp3) is 0.588. The molecule has 4 heteroatoms. The van der Waals surface area contributed by atoms with Crippen LogP contribution in [0.1, 0.15) is 19.4 Å². The molecular formula is C17H27N3O. The second-order valence-electron chi connectivity index (χ2n) is 6.56. The van der Waals surface area contributed by atoms with E-state index in [4.69, 9.17) is 0 Å². The van der Waals surface area contributed by atoms with Gasteiger partial charge in [0.2, 0.25) is 5.91 Å². The number of anilines is 1. The number of benzene rings is 1. The topological polar surface area (TPSA) is 44.4 Å². The standard InChI is InChI=1S/C17H27N3O/c1-12(2)16(11-20(3)4)19-17(21)14-9-13-7-5-6-8-15(13)18-10-14/h5-8,12,14,16,18H,9-11H2,1-4H3,(H,19,21). The summed E-state index contributed by atoms with van der Waals surface area (Å²) in [6.45, 7) is 5.90. The SMILES string of the molecule is CC(C)C(CN(C)C)NC(=O)C1CNc2ccccc2C1. The molecule has 2 N–H and O–H groups in total. The molecule has 1 aromatic carbocycles. The van der Waals surface area contributed by atoms with Crippen molar-refractivity contribution < 1.29 is 4.79 Å². The van der Waals surface area contributed by atoms with Gasteiger partial charge in [-0.25, -0.2) is 0 Å². The number of carbonyl (C=O) groups is 1. The number of nitrogens with zero attached hydrogens (tertiary/aromatic N) is 1. The van der Waals surface area contributed by atoms with E-state index in [1.807, 2.05) is 26.2 Å². The maximum Gasteiger partial charge on any atom is 0.225 e. The van der Waals surface area contributed by atoms with Crippen LogP contribution in [0.25, 0.3) is 0 Å². The van der Waals surface area contributed by atoms with Crippen LogP contribution in [0.2, 0.25) is 0 Å². The fourth-order valence-electron chi connectivity index (χ4n) is 2.74. The Hall–Kier alpha value is -1.55. The van der Waals surface area contributed by atoms with E-state index in [9.17, 15) is 4.79 Å². The second-order valence-corrected chi connectivity index (χ2v) is 6.56. The van der Waals surface area contributed by atoms with E-state index in [1.165, 1.54) is 5.56 Å². The molecule has 0 fully saturated rings. The van der Waals surface area contributed by atoms with Crippen LogP contribution >= 0.6 is 0 Å². The molecule has 21 heavy (non-hydrogen) atoms. The highest BCUT2D eigenvalue weighted by molar-refractivity contribution is 5.81. The number of rotatable bonds is 5.